The number of nitro groups is 1. The number of benzene rings is 2. The van der Waals surface area contributed by atoms with Gasteiger partial charge in [-0.1, -0.05) is 0 Å². The third-order valence-corrected chi connectivity index (χ3v) is 3.60. The van der Waals surface area contributed by atoms with E-state index in [9.17, 15) is 10.1 Å². The van der Waals surface area contributed by atoms with Gasteiger partial charge in [0.25, 0.3) is 5.69 Å². The average molecular weight is 328 g/mol. The van der Waals surface area contributed by atoms with Gasteiger partial charge in [-0.05, 0) is 18.2 Å². The molecule has 2 aliphatic heterocycles. The Kier molecular flexibility index (Phi) is 3.42. The van der Waals surface area contributed by atoms with Gasteiger partial charge in [-0.2, -0.15) is 0 Å². The summed E-state index contributed by atoms with van der Waals surface area (Å²) < 4.78 is 21.4. The van der Waals surface area contributed by atoms with Gasteiger partial charge in [0.05, 0.1) is 22.2 Å². The minimum atomic E-state index is -0.479. The summed E-state index contributed by atoms with van der Waals surface area (Å²) in [4.78, 5) is 15.0. The highest BCUT2D eigenvalue weighted by atomic mass is 16.7. The van der Waals surface area contributed by atoms with Crippen LogP contribution in [0.1, 0.15) is 5.56 Å². The molecule has 0 aromatic heterocycles. The van der Waals surface area contributed by atoms with E-state index in [1.165, 1.54) is 12.3 Å². The quantitative estimate of drug-likeness (QED) is 0.489. The fourth-order valence-electron chi connectivity index (χ4n) is 2.46. The van der Waals surface area contributed by atoms with Crippen molar-refractivity contribution in [1.29, 1.82) is 0 Å². The second-order valence-electron chi connectivity index (χ2n) is 5.11. The van der Waals surface area contributed by atoms with Crippen LogP contribution in [0.3, 0.4) is 0 Å². The molecule has 0 spiro atoms. The lowest BCUT2D eigenvalue weighted by molar-refractivity contribution is -0.385. The van der Waals surface area contributed by atoms with Crippen LogP contribution in [0.5, 0.6) is 23.0 Å². The molecule has 2 aromatic rings. The Balaban J connectivity index is 1.67. The van der Waals surface area contributed by atoms with Gasteiger partial charge in [0, 0.05) is 12.3 Å². The number of aliphatic imine (C=N–C) groups is 1. The van der Waals surface area contributed by atoms with Crippen molar-refractivity contribution in [3.05, 3.63) is 46.0 Å². The predicted octanol–water partition coefficient (Wildman–Crippen LogP) is 2.85. The monoisotopic (exact) mass is 328 g/mol. The van der Waals surface area contributed by atoms with Crippen LogP contribution in [0.4, 0.5) is 11.4 Å². The van der Waals surface area contributed by atoms with Gasteiger partial charge in [0.2, 0.25) is 6.79 Å². The van der Waals surface area contributed by atoms with E-state index in [1.807, 2.05) is 0 Å². The van der Waals surface area contributed by atoms with Gasteiger partial charge in [-0.25, -0.2) is 0 Å². The van der Waals surface area contributed by atoms with Crippen LogP contribution in [-0.4, -0.2) is 31.1 Å². The Morgan fingerprint density at radius 1 is 0.958 bits per heavy atom. The molecule has 0 radical (unpaired) electrons. The van der Waals surface area contributed by atoms with Crippen molar-refractivity contribution < 1.29 is 23.9 Å². The van der Waals surface area contributed by atoms with Crippen LogP contribution in [0.25, 0.3) is 0 Å². The molecule has 0 N–H and O–H groups in total. The highest BCUT2D eigenvalue weighted by Gasteiger charge is 2.22. The third kappa shape index (κ3) is 2.58. The highest BCUT2D eigenvalue weighted by Crippen LogP contribution is 2.38. The zero-order valence-corrected chi connectivity index (χ0v) is 12.4. The summed E-state index contributed by atoms with van der Waals surface area (Å²) in [5.41, 5.74) is 0.839. The maximum atomic E-state index is 11.2. The van der Waals surface area contributed by atoms with Crippen molar-refractivity contribution >= 4 is 17.6 Å². The first kappa shape index (κ1) is 14.3. The SMILES string of the molecule is O=[N+]([O-])c1cc2c(cc1C=Nc1ccc3c(c1)OCCO3)OCO2. The van der Waals surface area contributed by atoms with Gasteiger partial charge >= 0.3 is 0 Å². The molecule has 0 fully saturated rings. The molecule has 0 saturated heterocycles. The zero-order chi connectivity index (χ0) is 16.5. The minimum Gasteiger partial charge on any atom is -0.486 e. The van der Waals surface area contributed by atoms with Crippen molar-refractivity contribution in [3.63, 3.8) is 0 Å². The van der Waals surface area contributed by atoms with Crippen LogP contribution < -0.4 is 18.9 Å². The summed E-state index contributed by atoms with van der Waals surface area (Å²) in [6.07, 6.45) is 1.42. The van der Waals surface area contributed by atoms with Crippen LogP contribution in [0, 0.1) is 10.1 Å². The van der Waals surface area contributed by atoms with E-state index in [0.29, 0.717) is 47.5 Å². The topological polar surface area (TPSA) is 92.4 Å². The molecule has 0 atom stereocenters. The van der Waals surface area contributed by atoms with E-state index < -0.39 is 4.92 Å². The molecule has 0 aliphatic carbocycles. The van der Waals surface area contributed by atoms with E-state index in [2.05, 4.69) is 4.99 Å². The molecule has 2 heterocycles. The molecule has 4 rings (SSSR count). The van der Waals surface area contributed by atoms with Gasteiger partial charge in [-0.3, -0.25) is 15.1 Å². The second-order valence-corrected chi connectivity index (χ2v) is 5.11. The first-order valence-electron chi connectivity index (χ1n) is 7.22. The summed E-state index contributed by atoms with van der Waals surface area (Å²) in [6.45, 7) is 1.04. The smallest absolute Gasteiger partial charge is 0.282 e. The number of fused-ring (bicyclic) bond motifs is 2. The van der Waals surface area contributed by atoms with Crippen molar-refractivity contribution in [2.75, 3.05) is 20.0 Å². The summed E-state index contributed by atoms with van der Waals surface area (Å²) in [6, 6.07) is 8.12. The maximum Gasteiger partial charge on any atom is 0.282 e. The molecule has 122 valence electrons. The molecule has 2 aromatic carbocycles. The lowest BCUT2D eigenvalue weighted by Gasteiger charge is -2.18. The minimum absolute atomic E-state index is 0.0508. The second kappa shape index (κ2) is 5.73. The Morgan fingerprint density at radius 2 is 1.67 bits per heavy atom. The first-order chi connectivity index (χ1) is 11.7. The number of nitro benzene ring substituents is 1. The van der Waals surface area contributed by atoms with Gasteiger partial charge in [-0.15, -0.1) is 0 Å². The van der Waals surface area contributed by atoms with E-state index in [1.54, 1.807) is 24.3 Å². The fraction of sp³-hybridized carbons (Fsp3) is 0.188. The normalized spacial score (nSPS) is 14.8. The third-order valence-electron chi connectivity index (χ3n) is 3.60. The van der Waals surface area contributed by atoms with Crippen LogP contribution in [-0.2, 0) is 0 Å². The Morgan fingerprint density at radius 3 is 2.46 bits per heavy atom. The van der Waals surface area contributed by atoms with Crippen molar-refractivity contribution in [3.8, 4) is 23.0 Å². The molecule has 0 saturated carbocycles. The number of hydrogen-bond donors (Lipinski definition) is 0. The molecule has 8 nitrogen and oxygen atoms in total. The van der Waals surface area contributed by atoms with Crippen LogP contribution in [0.15, 0.2) is 35.3 Å². The maximum absolute atomic E-state index is 11.2. The number of rotatable bonds is 3. The van der Waals surface area contributed by atoms with Gasteiger partial charge in [0.15, 0.2) is 23.0 Å². The number of hydrogen-bond acceptors (Lipinski definition) is 7. The number of ether oxygens (including phenoxy) is 4. The lowest BCUT2D eigenvalue weighted by atomic mass is 10.1. The van der Waals surface area contributed by atoms with E-state index in [0.717, 1.165) is 0 Å². The van der Waals surface area contributed by atoms with Gasteiger partial charge < -0.3 is 18.9 Å². The summed E-state index contributed by atoms with van der Waals surface area (Å²) in [5, 5.41) is 11.2. The van der Waals surface area contributed by atoms with Crippen molar-refractivity contribution in [1.82, 2.24) is 0 Å². The highest BCUT2D eigenvalue weighted by molar-refractivity contribution is 5.88. The molecule has 2 aliphatic rings. The molecule has 0 unspecified atom stereocenters. The Labute approximate surface area is 136 Å². The lowest BCUT2D eigenvalue weighted by Crippen LogP contribution is -2.14. The van der Waals surface area contributed by atoms with Crippen LogP contribution >= 0.6 is 0 Å². The summed E-state index contributed by atoms with van der Waals surface area (Å²) in [7, 11) is 0. The van der Waals surface area contributed by atoms with Crippen molar-refractivity contribution in [2.45, 2.75) is 0 Å². The van der Waals surface area contributed by atoms with Gasteiger partial charge in [0.1, 0.15) is 13.2 Å². The standard InChI is InChI=1S/C16H12N2O6/c19-18(20)12-7-16-14(23-9-24-16)5-10(12)8-17-11-1-2-13-15(6-11)22-4-3-21-13/h1-2,5-8H,3-4,9H2. The largest absolute Gasteiger partial charge is 0.486 e. The molecule has 0 bridgehead atoms. The molecule has 8 heteroatoms. The number of nitrogens with zero attached hydrogens (tertiary/aromatic N) is 2. The molecular weight excluding hydrogens is 316 g/mol. The van der Waals surface area contributed by atoms with E-state index >= 15 is 0 Å². The Bertz CT molecular complexity index is 849. The predicted molar refractivity (Wildman–Crippen MR) is 83.9 cm³/mol. The summed E-state index contributed by atoms with van der Waals surface area (Å²) >= 11 is 0. The van der Waals surface area contributed by atoms with E-state index in [-0.39, 0.29) is 12.5 Å². The fourth-order valence-corrected chi connectivity index (χ4v) is 2.46. The molecular formula is C16H12N2O6. The average Bonchev–Trinajstić information content (AvgIpc) is 3.06. The van der Waals surface area contributed by atoms with Crippen LogP contribution in [0.2, 0.25) is 0 Å². The summed E-state index contributed by atoms with van der Waals surface area (Å²) in [5.74, 6) is 2.09. The molecule has 0 amide bonds. The first-order valence-corrected chi connectivity index (χ1v) is 7.22. The Hall–Kier alpha value is -3.29. The molecule has 24 heavy (non-hydrogen) atoms. The van der Waals surface area contributed by atoms with E-state index in [4.69, 9.17) is 18.9 Å². The zero-order valence-electron chi connectivity index (χ0n) is 12.4. The van der Waals surface area contributed by atoms with Crippen molar-refractivity contribution in [2.24, 2.45) is 4.99 Å².